The number of hydrogen-bond acceptors (Lipinski definition) is 4. The average molecular weight is 378 g/mol. The van der Waals surface area contributed by atoms with Crippen LogP contribution >= 0.6 is 0 Å². The van der Waals surface area contributed by atoms with Crippen molar-refractivity contribution in [3.05, 3.63) is 29.8 Å². The summed E-state index contributed by atoms with van der Waals surface area (Å²) in [6.45, 7) is 9.75. The fraction of sp³-hybridized carbons (Fsp3) is 0.526. The Bertz CT molecular complexity index is 653. The number of amides is 4. The van der Waals surface area contributed by atoms with Crippen molar-refractivity contribution >= 4 is 17.8 Å². The number of ether oxygens (including phenoxy) is 1. The molecule has 0 saturated carbocycles. The zero-order valence-corrected chi connectivity index (χ0v) is 16.6. The highest BCUT2D eigenvalue weighted by Gasteiger charge is 2.25. The number of nitrogens with two attached hydrogens (primary N) is 1. The molecule has 0 saturated heterocycles. The molecule has 0 spiro atoms. The second kappa shape index (κ2) is 9.80. The molecule has 1 rings (SSSR count). The number of rotatable bonds is 7. The summed E-state index contributed by atoms with van der Waals surface area (Å²) in [5.41, 5.74) is 10.8. The van der Waals surface area contributed by atoms with E-state index in [0.29, 0.717) is 12.2 Å². The van der Waals surface area contributed by atoms with Crippen LogP contribution in [0.2, 0.25) is 0 Å². The van der Waals surface area contributed by atoms with E-state index in [9.17, 15) is 14.4 Å². The van der Waals surface area contributed by atoms with Crippen LogP contribution < -0.4 is 26.6 Å². The molecule has 0 radical (unpaired) electrons. The van der Waals surface area contributed by atoms with Crippen molar-refractivity contribution in [3.63, 3.8) is 0 Å². The lowest BCUT2D eigenvalue weighted by Crippen LogP contribution is -2.56. The molecule has 1 aromatic carbocycles. The second-order valence-electron chi connectivity index (χ2n) is 7.47. The lowest BCUT2D eigenvalue weighted by Gasteiger charge is -2.22. The van der Waals surface area contributed by atoms with E-state index in [2.05, 4.69) is 36.9 Å². The first-order valence-electron chi connectivity index (χ1n) is 8.92. The molecule has 0 aromatic heterocycles. The molecule has 0 heterocycles. The van der Waals surface area contributed by atoms with Crippen LogP contribution in [0.25, 0.3) is 0 Å². The van der Waals surface area contributed by atoms with Gasteiger partial charge in [-0.2, -0.15) is 0 Å². The quantitative estimate of drug-likeness (QED) is 0.538. The van der Waals surface area contributed by atoms with Gasteiger partial charge in [-0.1, -0.05) is 53.2 Å². The van der Waals surface area contributed by atoms with Crippen LogP contribution in [-0.2, 0) is 15.0 Å². The Morgan fingerprint density at radius 1 is 1.11 bits per heavy atom. The number of hydrogen-bond donors (Lipinski definition) is 4. The molecule has 1 aromatic rings. The van der Waals surface area contributed by atoms with Crippen LogP contribution in [0.4, 0.5) is 4.79 Å². The lowest BCUT2D eigenvalue weighted by atomic mass is 9.87. The van der Waals surface area contributed by atoms with Gasteiger partial charge in [0.15, 0.2) is 6.61 Å². The van der Waals surface area contributed by atoms with Gasteiger partial charge in [-0.15, -0.1) is 0 Å². The van der Waals surface area contributed by atoms with Crippen LogP contribution in [0.1, 0.15) is 46.6 Å². The van der Waals surface area contributed by atoms with E-state index in [4.69, 9.17) is 10.5 Å². The molecule has 8 heteroatoms. The zero-order valence-electron chi connectivity index (χ0n) is 16.6. The summed E-state index contributed by atoms with van der Waals surface area (Å²) < 4.78 is 5.41. The molecule has 8 nitrogen and oxygen atoms in total. The van der Waals surface area contributed by atoms with Crippen molar-refractivity contribution < 1.29 is 19.1 Å². The third-order valence-corrected chi connectivity index (χ3v) is 4.21. The van der Waals surface area contributed by atoms with Gasteiger partial charge in [0, 0.05) is 0 Å². The zero-order chi connectivity index (χ0) is 20.6. The predicted octanol–water partition coefficient (Wildman–Crippen LogP) is 1.59. The molecule has 0 aliphatic heterocycles. The molecule has 150 valence electrons. The molecule has 4 amide bonds. The molecular weight excluding hydrogens is 348 g/mol. The van der Waals surface area contributed by atoms with E-state index in [1.807, 2.05) is 19.1 Å². The maximum atomic E-state index is 12.2. The number of carbonyl (C=O) groups excluding carboxylic acids is 3. The summed E-state index contributed by atoms with van der Waals surface area (Å²) >= 11 is 0. The number of primary amides is 1. The van der Waals surface area contributed by atoms with E-state index in [1.54, 1.807) is 19.1 Å². The van der Waals surface area contributed by atoms with Crippen molar-refractivity contribution in [3.8, 4) is 5.75 Å². The fourth-order valence-corrected chi connectivity index (χ4v) is 2.30. The third kappa shape index (κ3) is 7.55. The third-order valence-electron chi connectivity index (χ3n) is 4.21. The molecule has 27 heavy (non-hydrogen) atoms. The number of nitrogens with one attached hydrogen (secondary N) is 3. The van der Waals surface area contributed by atoms with Crippen molar-refractivity contribution in [1.82, 2.24) is 16.2 Å². The van der Waals surface area contributed by atoms with Gasteiger partial charge in [-0.25, -0.2) is 4.79 Å². The first kappa shape index (κ1) is 22.3. The summed E-state index contributed by atoms with van der Waals surface area (Å²) in [6, 6.07) is 5.84. The van der Waals surface area contributed by atoms with Crippen molar-refractivity contribution in [2.24, 2.45) is 11.7 Å². The maximum absolute atomic E-state index is 12.2. The van der Waals surface area contributed by atoms with Crippen LogP contribution in [0.3, 0.4) is 0 Å². The summed E-state index contributed by atoms with van der Waals surface area (Å²) in [7, 11) is 0. The summed E-state index contributed by atoms with van der Waals surface area (Å²) in [5.74, 6) is -0.666. The summed E-state index contributed by atoms with van der Waals surface area (Å²) in [4.78, 5) is 35.1. The van der Waals surface area contributed by atoms with Crippen LogP contribution in [0.5, 0.6) is 5.75 Å². The smallest absolute Gasteiger partial charge is 0.312 e. The number of hydrazine groups is 1. The molecule has 2 atom stereocenters. The van der Waals surface area contributed by atoms with E-state index in [0.717, 1.165) is 5.56 Å². The molecule has 0 aliphatic carbocycles. The van der Waals surface area contributed by atoms with E-state index < -0.39 is 23.9 Å². The van der Waals surface area contributed by atoms with Gasteiger partial charge in [-0.05, 0) is 29.0 Å². The first-order valence-corrected chi connectivity index (χ1v) is 8.92. The normalized spacial score (nSPS) is 13.2. The van der Waals surface area contributed by atoms with Gasteiger partial charge in [0.25, 0.3) is 11.8 Å². The average Bonchev–Trinajstić information content (AvgIpc) is 2.61. The Balaban J connectivity index is 2.50. The first-order chi connectivity index (χ1) is 12.5. The highest BCUT2D eigenvalue weighted by molar-refractivity contribution is 5.88. The molecule has 0 aliphatic rings. The minimum absolute atomic E-state index is 0.0330. The Hall–Kier alpha value is -2.77. The standard InChI is InChI=1S/C19H30N4O4/c1-6-12(2)16(21-18(20)26)17(25)23-22-15(24)11-27-14-9-7-13(8-10-14)19(3,4)5/h7-10,12,16H,6,11H2,1-5H3,(H,22,24)(H,23,25)(H3,20,21,26). The molecular formula is C19H30N4O4. The van der Waals surface area contributed by atoms with Gasteiger partial charge in [-0.3, -0.25) is 20.4 Å². The van der Waals surface area contributed by atoms with Crippen molar-refractivity contribution in [2.45, 2.75) is 52.5 Å². The SMILES string of the molecule is CCC(C)C(NC(N)=O)C(=O)NNC(=O)COc1ccc(C(C)(C)C)cc1. The Morgan fingerprint density at radius 2 is 1.70 bits per heavy atom. The van der Waals surface area contributed by atoms with Crippen LogP contribution in [-0.4, -0.2) is 30.5 Å². The van der Waals surface area contributed by atoms with Gasteiger partial charge in [0.1, 0.15) is 11.8 Å². The van der Waals surface area contributed by atoms with Gasteiger partial charge < -0.3 is 15.8 Å². The predicted molar refractivity (Wildman–Crippen MR) is 103 cm³/mol. The largest absolute Gasteiger partial charge is 0.484 e. The second-order valence-corrected chi connectivity index (χ2v) is 7.47. The van der Waals surface area contributed by atoms with E-state index >= 15 is 0 Å². The molecule has 0 bridgehead atoms. The summed E-state index contributed by atoms with van der Waals surface area (Å²) in [5, 5.41) is 2.37. The summed E-state index contributed by atoms with van der Waals surface area (Å²) in [6.07, 6.45) is 0.653. The topological polar surface area (TPSA) is 123 Å². The Kier molecular flexibility index (Phi) is 8.08. The van der Waals surface area contributed by atoms with Gasteiger partial charge >= 0.3 is 6.03 Å². The van der Waals surface area contributed by atoms with Gasteiger partial charge in [0.2, 0.25) is 0 Å². The minimum atomic E-state index is -0.835. The van der Waals surface area contributed by atoms with Crippen molar-refractivity contribution in [1.29, 1.82) is 0 Å². The van der Waals surface area contributed by atoms with Crippen LogP contribution in [0, 0.1) is 5.92 Å². The monoisotopic (exact) mass is 378 g/mol. The molecule has 0 fully saturated rings. The van der Waals surface area contributed by atoms with Crippen molar-refractivity contribution in [2.75, 3.05) is 6.61 Å². The lowest BCUT2D eigenvalue weighted by molar-refractivity contribution is -0.131. The van der Waals surface area contributed by atoms with Gasteiger partial charge in [0.05, 0.1) is 0 Å². The Labute approximate surface area is 160 Å². The van der Waals surface area contributed by atoms with Crippen LogP contribution in [0.15, 0.2) is 24.3 Å². The number of benzene rings is 1. The Morgan fingerprint density at radius 3 is 2.19 bits per heavy atom. The molecule has 2 unspecified atom stereocenters. The number of urea groups is 1. The fourth-order valence-electron chi connectivity index (χ4n) is 2.30. The highest BCUT2D eigenvalue weighted by atomic mass is 16.5. The van der Waals surface area contributed by atoms with E-state index in [-0.39, 0.29) is 17.9 Å². The molecule has 5 N–H and O–H groups in total. The van der Waals surface area contributed by atoms with E-state index in [1.165, 1.54) is 0 Å². The number of carbonyl (C=O) groups is 3. The minimum Gasteiger partial charge on any atom is -0.484 e. The highest BCUT2D eigenvalue weighted by Crippen LogP contribution is 2.24. The maximum Gasteiger partial charge on any atom is 0.312 e.